The summed E-state index contributed by atoms with van der Waals surface area (Å²) in [7, 11) is -3.98. The van der Waals surface area contributed by atoms with E-state index in [0.717, 1.165) is 12.1 Å². The Hall–Kier alpha value is -3.01. The summed E-state index contributed by atoms with van der Waals surface area (Å²) < 4.78 is 30.4. The van der Waals surface area contributed by atoms with Gasteiger partial charge in [0.15, 0.2) is 9.84 Å². The van der Waals surface area contributed by atoms with E-state index in [-0.39, 0.29) is 17.2 Å². The van der Waals surface area contributed by atoms with E-state index in [4.69, 9.17) is 4.42 Å². The van der Waals surface area contributed by atoms with Crippen molar-refractivity contribution in [1.82, 2.24) is 0 Å². The highest BCUT2D eigenvalue weighted by Crippen LogP contribution is 2.34. The molecule has 0 bridgehead atoms. The minimum Gasteiger partial charge on any atom is -0.465 e. The van der Waals surface area contributed by atoms with E-state index in [1.807, 2.05) is 0 Å². The van der Waals surface area contributed by atoms with E-state index in [1.54, 1.807) is 26.0 Å². The van der Waals surface area contributed by atoms with Gasteiger partial charge in [0, 0.05) is 6.07 Å². The van der Waals surface area contributed by atoms with E-state index in [1.165, 1.54) is 18.4 Å². The zero-order chi connectivity index (χ0) is 19.5. The molecule has 0 aliphatic carbocycles. The fourth-order valence-corrected chi connectivity index (χ4v) is 4.22. The van der Waals surface area contributed by atoms with Crippen LogP contribution >= 0.6 is 0 Å². The Balaban J connectivity index is 2.76. The third-order valence-corrected chi connectivity index (χ3v) is 5.47. The van der Waals surface area contributed by atoms with Crippen molar-refractivity contribution in [1.29, 1.82) is 0 Å². The van der Waals surface area contributed by atoms with E-state index in [0.29, 0.717) is 5.76 Å². The molecule has 9 nitrogen and oxygen atoms in total. The van der Waals surface area contributed by atoms with Crippen LogP contribution in [0.4, 0.5) is 11.4 Å². The lowest BCUT2D eigenvalue weighted by Gasteiger charge is -2.10. The minimum absolute atomic E-state index is 0.224. The molecule has 1 heterocycles. The number of rotatable bonds is 7. The SMILES string of the molecule is CC(C)CS(=O)(=O)c1cc([N+](=O)[O-])cc([N+](=O)[O-])c1/C=C/c1ccco1. The second kappa shape index (κ2) is 7.48. The lowest BCUT2D eigenvalue weighted by atomic mass is 10.1. The second-order valence-electron chi connectivity index (χ2n) is 5.91. The normalized spacial score (nSPS) is 12.0. The van der Waals surface area contributed by atoms with Gasteiger partial charge < -0.3 is 4.42 Å². The van der Waals surface area contributed by atoms with Crippen molar-refractivity contribution < 1.29 is 22.7 Å². The molecule has 2 rings (SSSR count). The fraction of sp³-hybridized carbons (Fsp3) is 0.250. The molecular formula is C16H16N2O7S. The van der Waals surface area contributed by atoms with Crippen molar-refractivity contribution >= 4 is 33.4 Å². The van der Waals surface area contributed by atoms with Crippen LogP contribution in [0.2, 0.25) is 0 Å². The highest BCUT2D eigenvalue weighted by atomic mass is 32.2. The van der Waals surface area contributed by atoms with Crippen LogP contribution in [-0.2, 0) is 9.84 Å². The molecule has 0 aliphatic heterocycles. The number of nitrogens with zero attached hydrogens (tertiary/aromatic N) is 2. The zero-order valence-corrected chi connectivity index (χ0v) is 14.8. The first-order valence-corrected chi connectivity index (χ1v) is 9.18. The summed E-state index contributed by atoms with van der Waals surface area (Å²) in [6.45, 7) is 3.34. The topological polar surface area (TPSA) is 134 Å². The standard InChI is InChI=1S/C16H16N2O7S/c1-11(2)10-26(23,24)16-9-12(17(19)20)8-15(18(21)22)14(16)6-5-13-4-3-7-25-13/h3-9,11H,10H2,1-2H3/b6-5+. The quantitative estimate of drug-likeness (QED) is 0.528. The summed E-state index contributed by atoms with van der Waals surface area (Å²) in [6.07, 6.45) is 3.97. The van der Waals surface area contributed by atoms with Gasteiger partial charge in [0.2, 0.25) is 0 Å². The van der Waals surface area contributed by atoms with E-state index in [9.17, 15) is 28.6 Å². The molecule has 0 unspecified atom stereocenters. The van der Waals surface area contributed by atoms with Gasteiger partial charge in [-0.15, -0.1) is 0 Å². The van der Waals surface area contributed by atoms with Crippen molar-refractivity contribution in [2.24, 2.45) is 5.92 Å². The lowest BCUT2D eigenvalue weighted by molar-refractivity contribution is -0.394. The Bertz CT molecular complexity index is 961. The zero-order valence-electron chi connectivity index (χ0n) is 14.0. The average Bonchev–Trinajstić information content (AvgIpc) is 3.03. The van der Waals surface area contributed by atoms with Crippen molar-refractivity contribution in [3.63, 3.8) is 0 Å². The summed E-state index contributed by atoms with van der Waals surface area (Å²) in [4.78, 5) is 20.3. The Morgan fingerprint density at radius 2 is 1.85 bits per heavy atom. The smallest absolute Gasteiger partial charge is 0.284 e. The number of hydrogen-bond acceptors (Lipinski definition) is 7. The summed E-state index contributed by atoms with van der Waals surface area (Å²) >= 11 is 0. The highest BCUT2D eigenvalue weighted by molar-refractivity contribution is 7.91. The molecule has 0 N–H and O–H groups in total. The predicted octanol–water partition coefficient (Wildman–Crippen LogP) is 3.70. The van der Waals surface area contributed by atoms with Gasteiger partial charge in [-0.1, -0.05) is 13.8 Å². The summed E-state index contributed by atoms with van der Waals surface area (Å²) in [5.41, 5.74) is -1.55. The van der Waals surface area contributed by atoms with Crippen molar-refractivity contribution in [2.75, 3.05) is 5.75 Å². The molecule has 0 saturated carbocycles. The highest BCUT2D eigenvalue weighted by Gasteiger charge is 2.29. The van der Waals surface area contributed by atoms with Gasteiger partial charge in [-0.2, -0.15) is 0 Å². The molecule has 10 heteroatoms. The number of non-ortho nitro benzene ring substituents is 1. The van der Waals surface area contributed by atoms with E-state index >= 15 is 0 Å². The van der Waals surface area contributed by atoms with Crippen LogP contribution in [0.15, 0.2) is 39.8 Å². The number of nitro benzene ring substituents is 2. The molecule has 0 amide bonds. The molecule has 0 atom stereocenters. The molecule has 0 saturated heterocycles. The van der Waals surface area contributed by atoms with Crippen LogP contribution in [0, 0.1) is 26.1 Å². The number of furan rings is 1. The molecule has 1 aromatic heterocycles. The van der Waals surface area contributed by atoms with Gasteiger partial charge in [-0.05, 0) is 30.2 Å². The summed E-state index contributed by atoms with van der Waals surface area (Å²) in [5.74, 6) is -0.211. The minimum atomic E-state index is -3.98. The predicted molar refractivity (Wildman–Crippen MR) is 94.3 cm³/mol. The Morgan fingerprint density at radius 3 is 2.35 bits per heavy atom. The van der Waals surface area contributed by atoms with Crippen LogP contribution in [0.3, 0.4) is 0 Å². The second-order valence-corrected chi connectivity index (χ2v) is 7.92. The van der Waals surface area contributed by atoms with Crippen molar-refractivity contribution in [2.45, 2.75) is 18.7 Å². The van der Waals surface area contributed by atoms with Gasteiger partial charge in [0.25, 0.3) is 11.4 Å². The van der Waals surface area contributed by atoms with Gasteiger partial charge in [0.1, 0.15) is 5.76 Å². The van der Waals surface area contributed by atoms with Crippen LogP contribution in [0.5, 0.6) is 0 Å². The van der Waals surface area contributed by atoms with Crippen LogP contribution in [0.25, 0.3) is 12.2 Å². The number of benzene rings is 1. The van der Waals surface area contributed by atoms with Gasteiger partial charge in [-0.25, -0.2) is 8.42 Å². The fourth-order valence-electron chi connectivity index (χ4n) is 2.36. The Kier molecular flexibility index (Phi) is 5.56. The Labute approximate surface area is 149 Å². The van der Waals surface area contributed by atoms with Crippen LogP contribution in [-0.4, -0.2) is 24.0 Å². The Morgan fingerprint density at radius 1 is 1.15 bits per heavy atom. The molecule has 0 fully saturated rings. The van der Waals surface area contributed by atoms with Crippen molar-refractivity contribution in [3.8, 4) is 0 Å². The van der Waals surface area contributed by atoms with Gasteiger partial charge in [0.05, 0.1) is 38.4 Å². The maximum Gasteiger partial charge on any atom is 0.284 e. The summed E-state index contributed by atoms with van der Waals surface area (Å²) in [5, 5.41) is 22.5. The average molecular weight is 380 g/mol. The third kappa shape index (κ3) is 4.33. The molecule has 2 aromatic rings. The van der Waals surface area contributed by atoms with Gasteiger partial charge >= 0.3 is 0 Å². The van der Waals surface area contributed by atoms with E-state index in [2.05, 4.69) is 0 Å². The molecule has 0 radical (unpaired) electrons. The van der Waals surface area contributed by atoms with E-state index < -0.39 is 36.0 Å². The third-order valence-electron chi connectivity index (χ3n) is 3.36. The first-order valence-electron chi connectivity index (χ1n) is 7.53. The molecule has 26 heavy (non-hydrogen) atoms. The van der Waals surface area contributed by atoms with Gasteiger partial charge in [-0.3, -0.25) is 20.2 Å². The molecule has 0 aliphatic rings. The largest absolute Gasteiger partial charge is 0.465 e. The molecule has 0 spiro atoms. The number of hydrogen-bond donors (Lipinski definition) is 0. The maximum absolute atomic E-state index is 12.7. The van der Waals surface area contributed by atoms with Crippen molar-refractivity contribution in [3.05, 3.63) is 62.1 Å². The molecular weight excluding hydrogens is 364 g/mol. The van der Waals surface area contributed by atoms with Crippen LogP contribution < -0.4 is 0 Å². The summed E-state index contributed by atoms with van der Waals surface area (Å²) in [6, 6.07) is 4.78. The maximum atomic E-state index is 12.7. The lowest BCUT2D eigenvalue weighted by Crippen LogP contribution is -2.14. The monoisotopic (exact) mass is 380 g/mol. The number of sulfone groups is 1. The molecule has 1 aromatic carbocycles. The van der Waals surface area contributed by atoms with Crippen LogP contribution in [0.1, 0.15) is 25.2 Å². The first kappa shape index (κ1) is 19.3. The number of nitro groups is 2. The first-order chi connectivity index (χ1) is 12.1. The molecule has 138 valence electrons.